The maximum atomic E-state index is 12.9. The Hall–Kier alpha value is -4.00. The van der Waals surface area contributed by atoms with Crippen LogP contribution >= 0.6 is 0 Å². The van der Waals surface area contributed by atoms with E-state index in [1.54, 1.807) is 24.3 Å². The van der Waals surface area contributed by atoms with E-state index < -0.39 is 16.7 Å². The lowest BCUT2D eigenvalue weighted by Gasteiger charge is -2.12. The van der Waals surface area contributed by atoms with E-state index in [2.05, 4.69) is 38.3 Å². The van der Waals surface area contributed by atoms with E-state index in [1.165, 1.54) is 18.2 Å². The quantitative estimate of drug-likeness (QED) is 0.255. The molecule has 0 saturated heterocycles. The topological polar surface area (TPSA) is 101 Å². The molecule has 3 rings (SSSR count). The minimum atomic E-state index is -0.616. The molecule has 2 unspecified atom stereocenters. The number of hydrogen-bond acceptors (Lipinski definition) is 4. The van der Waals surface area contributed by atoms with Crippen molar-refractivity contribution >= 4 is 28.9 Å². The number of anilines is 2. The van der Waals surface area contributed by atoms with E-state index in [-0.39, 0.29) is 16.8 Å². The van der Waals surface area contributed by atoms with E-state index in [0.717, 1.165) is 24.0 Å². The van der Waals surface area contributed by atoms with Gasteiger partial charge in [0, 0.05) is 34.6 Å². The second-order valence-electron chi connectivity index (χ2n) is 8.80. The predicted octanol–water partition coefficient (Wildman–Crippen LogP) is 7.13. The molecule has 2 amide bonds. The fourth-order valence-electron chi connectivity index (χ4n) is 3.65. The number of non-ortho nitro benzene ring substituents is 1. The van der Waals surface area contributed by atoms with Crippen LogP contribution in [0, 0.1) is 10.1 Å². The van der Waals surface area contributed by atoms with Crippen molar-refractivity contribution in [1.29, 1.82) is 0 Å². The molecule has 2 N–H and O–H groups in total. The normalized spacial score (nSPS) is 12.5. The van der Waals surface area contributed by atoms with Crippen LogP contribution in [0.4, 0.5) is 17.1 Å². The van der Waals surface area contributed by atoms with E-state index in [1.807, 2.05) is 24.3 Å². The Labute approximate surface area is 205 Å². The number of benzene rings is 3. The Kier molecular flexibility index (Phi) is 8.36. The number of rotatable bonds is 9. The summed E-state index contributed by atoms with van der Waals surface area (Å²) in [4.78, 5) is 36.6. The Morgan fingerprint density at radius 3 is 1.43 bits per heavy atom. The number of nitro benzene ring substituents is 1. The summed E-state index contributed by atoms with van der Waals surface area (Å²) in [5.74, 6) is -0.249. The van der Waals surface area contributed by atoms with Crippen LogP contribution < -0.4 is 10.6 Å². The molecular weight excluding hydrogens is 442 g/mol. The molecular formula is C28H31N3O4. The van der Waals surface area contributed by atoms with Crippen LogP contribution in [0.3, 0.4) is 0 Å². The van der Waals surface area contributed by atoms with Crippen molar-refractivity contribution in [3.8, 4) is 0 Å². The monoisotopic (exact) mass is 473 g/mol. The van der Waals surface area contributed by atoms with Gasteiger partial charge in [0.1, 0.15) is 0 Å². The van der Waals surface area contributed by atoms with Crippen LogP contribution in [0.5, 0.6) is 0 Å². The number of nitrogens with zero attached hydrogens (tertiary/aromatic N) is 1. The maximum absolute atomic E-state index is 12.9. The van der Waals surface area contributed by atoms with Crippen molar-refractivity contribution in [2.45, 2.75) is 52.4 Å². The van der Waals surface area contributed by atoms with Gasteiger partial charge in [-0.2, -0.15) is 0 Å². The molecule has 0 aromatic heterocycles. The van der Waals surface area contributed by atoms with Crippen LogP contribution in [0.2, 0.25) is 0 Å². The standard InChI is InChI=1S/C28H31N3O4/c1-5-18(3)20-7-11-24(12-8-20)29-27(32)22-15-23(17-26(16-22)31(34)35)28(33)30-25-13-9-21(10-14-25)19(4)6-2/h7-19H,5-6H2,1-4H3,(H,29,32)(H,30,33). The molecule has 0 fully saturated rings. The first-order valence-electron chi connectivity index (χ1n) is 11.8. The fourth-order valence-corrected chi connectivity index (χ4v) is 3.65. The minimum Gasteiger partial charge on any atom is -0.322 e. The van der Waals surface area contributed by atoms with Gasteiger partial charge in [-0.05, 0) is 66.1 Å². The van der Waals surface area contributed by atoms with E-state index in [4.69, 9.17) is 0 Å². The molecule has 35 heavy (non-hydrogen) atoms. The zero-order valence-electron chi connectivity index (χ0n) is 20.5. The molecule has 0 spiro atoms. The van der Waals surface area contributed by atoms with Crippen molar-refractivity contribution in [1.82, 2.24) is 0 Å². The lowest BCUT2D eigenvalue weighted by molar-refractivity contribution is -0.384. The Morgan fingerprint density at radius 1 is 0.743 bits per heavy atom. The van der Waals surface area contributed by atoms with Crippen LogP contribution in [0.15, 0.2) is 66.7 Å². The molecule has 0 heterocycles. The fraction of sp³-hybridized carbons (Fsp3) is 0.286. The van der Waals surface area contributed by atoms with Gasteiger partial charge in [0.25, 0.3) is 17.5 Å². The summed E-state index contributed by atoms with van der Waals surface area (Å²) in [7, 11) is 0. The first-order valence-corrected chi connectivity index (χ1v) is 11.8. The molecule has 0 aliphatic heterocycles. The third-order valence-electron chi connectivity index (χ3n) is 6.35. The molecule has 7 nitrogen and oxygen atoms in total. The van der Waals surface area contributed by atoms with Gasteiger partial charge in [-0.1, -0.05) is 52.0 Å². The van der Waals surface area contributed by atoms with Gasteiger partial charge in [-0.15, -0.1) is 0 Å². The van der Waals surface area contributed by atoms with Gasteiger partial charge < -0.3 is 10.6 Å². The highest BCUT2D eigenvalue weighted by atomic mass is 16.6. The van der Waals surface area contributed by atoms with Crippen LogP contribution in [-0.4, -0.2) is 16.7 Å². The first-order chi connectivity index (χ1) is 16.7. The minimum absolute atomic E-state index is 0.0301. The van der Waals surface area contributed by atoms with Crippen LogP contribution in [0.25, 0.3) is 0 Å². The summed E-state index contributed by atoms with van der Waals surface area (Å²) in [5.41, 5.74) is 3.20. The smallest absolute Gasteiger partial charge is 0.271 e. The SMILES string of the molecule is CCC(C)c1ccc(NC(=O)c2cc(C(=O)Nc3ccc(C(C)CC)cc3)cc([N+](=O)[O-])c2)cc1. The van der Waals surface area contributed by atoms with Gasteiger partial charge in [0.05, 0.1) is 4.92 Å². The molecule has 0 aliphatic carbocycles. The molecule has 3 aromatic carbocycles. The Balaban J connectivity index is 1.80. The molecule has 0 bridgehead atoms. The largest absolute Gasteiger partial charge is 0.322 e. The van der Waals surface area contributed by atoms with Crippen LogP contribution in [0.1, 0.15) is 84.2 Å². The summed E-state index contributed by atoms with van der Waals surface area (Å²) >= 11 is 0. The maximum Gasteiger partial charge on any atom is 0.271 e. The summed E-state index contributed by atoms with van der Waals surface area (Å²) < 4.78 is 0. The number of nitro groups is 1. The number of nitrogens with one attached hydrogen (secondary N) is 2. The predicted molar refractivity (Wildman–Crippen MR) is 139 cm³/mol. The third kappa shape index (κ3) is 6.53. The van der Waals surface area contributed by atoms with E-state index in [9.17, 15) is 19.7 Å². The summed E-state index contributed by atoms with van der Waals surface area (Å²) in [6.07, 6.45) is 2.01. The highest BCUT2D eigenvalue weighted by Crippen LogP contribution is 2.24. The van der Waals surface area contributed by atoms with Crippen molar-refractivity contribution < 1.29 is 14.5 Å². The average Bonchev–Trinajstić information content (AvgIpc) is 2.88. The zero-order valence-corrected chi connectivity index (χ0v) is 20.5. The highest BCUT2D eigenvalue weighted by Gasteiger charge is 2.19. The van der Waals surface area contributed by atoms with Gasteiger partial charge in [0.15, 0.2) is 0 Å². The molecule has 0 saturated carbocycles. The molecule has 2 atom stereocenters. The van der Waals surface area contributed by atoms with Gasteiger partial charge >= 0.3 is 0 Å². The summed E-state index contributed by atoms with van der Waals surface area (Å²) in [6.45, 7) is 8.48. The summed E-state index contributed by atoms with van der Waals surface area (Å²) in [5, 5.41) is 17.0. The second-order valence-corrected chi connectivity index (χ2v) is 8.80. The highest BCUT2D eigenvalue weighted by molar-refractivity contribution is 6.09. The van der Waals surface area contributed by atoms with Gasteiger partial charge in [-0.3, -0.25) is 19.7 Å². The number of hydrogen-bond donors (Lipinski definition) is 2. The van der Waals surface area contributed by atoms with Crippen molar-refractivity contribution in [2.24, 2.45) is 0 Å². The van der Waals surface area contributed by atoms with E-state index >= 15 is 0 Å². The van der Waals surface area contributed by atoms with Crippen molar-refractivity contribution in [2.75, 3.05) is 10.6 Å². The average molecular weight is 474 g/mol. The molecule has 7 heteroatoms. The third-order valence-corrected chi connectivity index (χ3v) is 6.35. The zero-order chi connectivity index (χ0) is 25.5. The van der Waals surface area contributed by atoms with Crippen molar-refractivity contribution in [3.05, 3.63) is 99.1 Å². The number of carbonyl (C=O) groups excluding carboxylic acids is 2. The molecule has 0 aliphatic rings. The lowest BCUT2D eigenvalue weighted by Crippen LogP contribution is -2.16. The van der Waals surface area contributed by atoms with Crippen LogP contribution in [-0.2, 0) is 0 Å². The Morgan fingerprint density at radius 2 is 1.11 bits per heavy atom. The van der Waals surface area contributed by atoms with Gasteiger partial charge in [0.2, 0.25) is 0 Å². The lowest BCUT2D eigenvalue weighted by atomic mass is 9.98. The second kappa shape index (κ2) is 11.4. The molecule has 3 aromatic rings. The Bertz CT molecular complexity index is 1120. The van der Waals surface area contributed by atoms with Gasteiger partial charge in [-0.25, -0.2) is 0 Å². The van der Waals surface area contributed by atoms with E-state index in [0.29, 0.717) is 23.2 Å². The molecule has 182 valence electrons. The summed E-state index contributed by atoms with van der Waals surface area (Å²) in [6, 6.07) is 18.7. The first kappa shape index (κ1) is 25.6. The molecule has 0 radical (unpaired) electrons. The van der Waals surface area contributed by atoms with Crippen molar-refractivity contribution in [3.63, 3.8) is 0 Å². The number of carbonyl (C=O) groups is 2. The number of amides is 2.